The van der Waals surface area contributed by atoms with Gasteiger partial charge in [-0.25, -0.2) is 4.79 Å². The average Bonchev–Trinajstić information content (AvgIpc) is 2.99. The van der Waals surface area contributed by atoms with Crippen LogP contribution < -0.4 is 20.5 Å². The molecule has 0 aliphatic carbocycles. The molecule has 3 aromatic rings. The van der Waals surface area contributed by atoms with Crippen molar-refractivity contribution in [2.75, 3.05) is 19.5 Å². The van der Waals surface area contributed by atoms with Crippen LogP contribution in [0.4, 0.5) is 5.69 Å². The summed E-state index contributed by atoms with van der Waals surface area (Å²) in [5, 5.41) is 2.75. The van der Waals surface area contributed by atoms with Gasteiger partial charge in [-0.05, 0) is 42.5 Å². The Morgan fingerprint density at radius 3 is 2.60 bits per heavy atom. The van der Waals surface area contributed by atoms with Gasteiger partial charge in [0.05, 0.1) is 25.3 Å². The van der Waals surface area contributed by atoms with Crippen LogP contribution in [-0.4, -0.2) is 30.1 Å². The van der Waals surface area contributed by atoms with Crippen LogP contribution >= 0.6 is 0 Å². The van der Waals surface area contributed by atoms with Gasteiger partial charge in [0.15, 0.2) is 0 Å². The molecule has 0 fully saturated rings. The van der Waals surface area contributed by atoms with Crippen molar-refractivity contribution in [1.29, 1.82) is 0 Å². The zero-order chi connectivity index (χ0) is 17.8. The van der Waals surface area contributed by atoms with Gasteiger partial charge in [-0.2, -0.15) is 0 Å². The molecule has 7 nitrogen and oxygen atoms in total. The molecule has 0 atom stereocenters. The fourth-order valence-corrected chi connectivity index (χ4v) is 2.43. The van der Waals surface area contributed by atoms with Crippen LogP contribution in [0.25, 0.3) is 17.1 Å². The Hall–Kier alpha value is -3.48. The fourth-order valence-electron chi connectivity index (χ4n) is 2.43. The standard InChI is InChI=1S/C18H17N3O4/c1-24-13-5-7-16(25-2)11(9-13)3-8-17(22)19-12-4-6-14-15(10-12)21-18(23)20-14/h3-10H,1-2H3,(H,19,22)(H2,20,21,23)/b8-3+. The van der Waals surface area contributed by atoms with Crippen molar-refractivity contribution in [3.63, 3.8) is 0 Å². The number of ether oxygens (including phenoxy) is 2. The van der Waals surface area contributed by atoms with E-state index in [0.717, 1.165) is 5.56 Å². The smallest absolute Gasteiger partial charge is 0.323 e. The second kappa shape index (κ2) is 6.96. The van der Waals surface area contributed by atoms with E-state index in [1.54, 1.807) is 56.7 Å². The maximum absolute atomic E-state index is 12.1. The third-order valence-corrected chi connectivity index (χ3v) is 3.63. The molecule has 0 aliphatic heterocycles. The Kier molecular flexibility index (Phi) is 4.56. The maximum Gasteiger partial charge on any atom is 0.323 e. The molecule has 1 amide bonds. The third-order valence-electron chi connectivity index (χ3n) is 3.63. The lowest BCUT2D eigenvalue weighted by Crippen LogP contribution is -2.07. The lowest BCUT2D eigenvalue weighted by atomic mass is 10.1. The summed E-state index contributed by atoms with van der Waals surface area (Å²) < 4.78 is 10.4. The summed E-state index contributed by atoms with van der Waals surface area (Å²) in [6, 6.07) is 10.4. The first-order valence-corrected chi connectivity index (χ1v) is 7.52. The van der Waals surface area contributed by atoms with Crippen LogP contribution in [0.1, 0.15) is 5.56 Å². The predicted molar refractivity (Wildman–Crippen MR) is 96.1 cm³/mol. The largest absolute Gasteiger partial charge is 0.497 e. The first-order chi connectivity index (χ1) is 12.1. The summed E-state index contributed by atoms with van der Waals surface area (Å²) in [6.07, 6.45) is 3.05. The number of hydrogen-bond acceptors (Lipinski definition) is 4. The van der Waals surface area contributed by atoms with E-state index in [1.807, 2.05) is 0 Å². The van der Waals surface area contributed by atoms with E-state index >= 15 is 0 Å². The number of methoxy groups -OCH3 is 2. The highest BCUT2D eigenvalue weighted by molar-refractivity contribution is 6.02. The number of imidazole rings is 1. The number of nitrogens with one attached hydrogen (secondary N) is 3. The van der Waals surface area contributed by atoms with Gasteiger partial charge < -0.3 is 24.8 Å². The van der Waals surface area contributed by atoms with Crippen molar-refractivity contribution in [2.24, 2.45) is 0 Å². The van der Waals surface area contributed by atoms with Crippen molar-refractivity contribution in [1.82, 2.24) is 9.97 Å². The number of rotatable bonds is 5. The molecule has 3 rings (SSSR count). The zero-order valence-corrected chi connectivity index (χ0v) is 13.8. The Balaban J connectivity index is 1.77. The minimum absolute atomic E-state index is 0.288. The van der Waals surface area contributed by atoms with E-state index in [0.29, 0.717) is 28.2 Å². The van der Waals surface area contributed by atoms with Crippen LogP contribution in [0.3, 0.4) is 0 Å². The van der Waals surface area contributed by atoms with Gasteiger partial charge in [0.1, 0.15) is 11.5 Å². The number of benzene rings is 2. The number of H-pyrrole nitrogens is 2. The van der Waals surface area contributed by atoms with Crippen molar-refractivity contribution in [3.05, 3.63) is 58.5 Å². The Morgan fingerprint density at radius 2 is 1.84 bits per heavy atom. The van der Waals surface area contributed by atoms with E-state index in [9.17, 15) is 9.59 Å². The molecule has 0 spiro atoms. The van der Waals surface area contributed by atoms with Crippen molar-refractivity contribution in [2.45, 2.75) is 0 Å². The van der Waals surface area contributed by atoms with Gasteiger partial charge in [-0.1, -0.05) is 0 Å². The molecular weight excluding hydrogens is 322 g/mol. The fraction of sp³-hybridized carbons (Fsp3) is 0.111. The number of aromatic nitrogens is 2. The third kappa shape index (κ3) is 3.72. The molecule has 1 heterocycles. The number of carbonyl (C=O) groups excluding carboxylic acids is 1. The molecule has 0 unspecified atom stereocenters. The number of aromatic amines is 2. The second-order valence-electron chi connectivity index (χ2n) is 5.27. The average molecular weight is 339 g/mol. The molecule has 128 valence electrons. The molecule has 1 aromatic heterocycles. The second-order valence-corrected chi connectivity index (χ2v) is 5.27. The van der Waals surface area contributed by atoms with Crippen molar-refractivity contribution < 1.29 is 14.3 Å². The Labute approximate surface area is 143 Å². The predicted octanol–water partition coefficient (Wildman–Crippen LogP) is 2.53. The molecule has 0 saturated heterocycles. The highest BCUT2D eigenvalue weighted by atomic mass is 16.5. The molecule has 0 bridgehead atoms. The van der Waals surface area contributed by atoms with Crippen LogP contribution in [0.5, 0.6) is 11.5 Å². The zero-order valence-electron chi connectivity index (χ0n) is 13.8. The van der Waals surface area contributed by atoms with Gasteiger partial charge in [-0.15, -0.1) is 0 Å². The minimum atomic E-state index is -0.304. The first-order valence-electron chi connectivity index (χ1n) is 7.52. The summed E-state index contributed by atoms with van der Waals surface area (Å²) in [6.45, 7) is 0. The summed E-state index contributed by atoms with van der Waals surface area (Å²) >= 11 is 0. The van der Waals surface area contributed by atoms with Crippen LogP contribution in [0.15, 0.2) is 47.3 Å². The van der Waals surface area contributed by atoms with Crippen LogP contribution in [0.2, 0.25) is 0 Å². The molecule has 3 N–H and O–H groups in total. The van der Waals surface area contributed by atoms with E-state index in [2.05, 4.69) is 15.3 Å². The van der Waals surface area contributed by atoms with E-state index < -0.39 is 0 Å². The molecule has 0 radical (unpaired) electrons. The highest BCUT2D eigenvalue weighted by Crippen LogP contribution is 2.25. The van der Waals surface area contributed by atoms with Gasteiger partial charge in [0, 0.05) is 17.3 Å². The SMILES string of the molecule is COc1ccc(OC)c(/C=C/C(=O)Nc2ccc3[nH]c(=O)[nH]c3c2)c1. The number of carbonyl (C=O) groups is 1. The monoisotopic (exact) mass is 339 g/mol. The first kappa shape index (κ1) is 16.4. The van der Waals surface area contributed by atoms with E-state index in [1.165, 1.54) is 6.08 Å². The summed E-state index contributed by atoms with van der Waals surface area (Å²) in [5.74, 6) is 1.00. The lowest BCUT2D eigenvalue weighted by molar-refractivity contribution is -0.111. The number of fused-ring (bicyclic) bond motifs is 1. The van der Waals surface area contributed by atoms with Crippen molar-refractivity contribution in [3.8, 4) is 11.5 Å². The number of anilines is 1. The maximum atomic E-state index is 12.1. The van der Waals surface area contributed by atoms with E-state index in [-0.39, 0.29) is 11.6 Å². The molecule has 25 heavy (non-hydrogen) atoms. The topological polar surface area (TPSA) is 96.2 Å². The molecule has 2 aromatic carbocycles. The normalized spacial score (nSPS) is 11.0. The van der Waals surface area contributed by atoms with Gasteiger partial charge in [-0.3, -0.25) is 4.79 Å². The van der Waals surface area contributed by atoms with Crippen LogP contribution in [-0.2, 0) is 4.79 Å². The summed E-state index contributed by atoms with van der Waals surface area (Å²) in [4.78, 5) is 28.7. The highest BCUT2D eigenvalue weighted by Gasteiger charge is 2.05. The van der Waals surface area contributed by atoms with E-state index in [4.69, 9.17) is 9.47 Å². The van der Waals surface area contributed by atoms with Gasteiger partial charge in [0.2, 0.25) is 5.91 Å². The molecule has 0 aliphatic rings. The lowest BCUT2D eigenvalue weighted by Gasteiger charge is -2.07. The quantitative estimate of drug-likeness (QED) is 0.622. The molecule has 7 heteroatoms. The number of hydrogen-bond donors (Lipinski definition) is 3. The number of amides is 1. The molecule has 0 saturated carbocycles. The minimum Gasteiger partial charge on any atom is -0.497 e. The summed E-state index contributed by atoms with van der Waals surface area (Å²) in [5.41, 5.74) is 2.32. The van der Waals surface area contributed by atoms with Crippen LogP contribution in [0, 0.1) is 0 Å². The Bertz CT molecular complexity index is 1000. The summed E-state index contributed by atoms with van der Waals surface area (Å²) in [7, 11) is 3.13. The van der Waals surface area contributed by atoms with Gasteiger partial charge >= 0.3 is 5.69 Å². The molecular formula is C18H17N3O4. The Morgan fingerprint density at radius 1 is 1.04 bits per heavy atom. The van der Waals surface area contributed by atoms with Gasteiger partial charge in [0.25, 0.3) is 0 Å². The van der Waals surface area contributed by atoms with Crippen molar-refractivity contribution >= 4 is 28.7 Å².